The fourth-order valence-corrected chi connectivity index (χ4v) is 2.33. The zero-order valence-corrected chi connectivity index (χ0v) is 12.8. The first-order valence-corrected chi connectivity index (χ1v) is 7.04. The smallest absolute Gasteiger partial charge is 0.220 e. The van der Waals surface area contributed by atoms with Crippen molar-refractivity contribution in [3.8, 4) is 5.75 Å². The first-order valence-electron chi connectivity index (χ1n) is 7.04. The molecular weight excluding hydrogens is 276 g/mol. The van der Waals surface area contributed by atoms with Crippen LogP contribution in [0.15, 0.2) is 18.2 Å². The minimum absolute atomic E-state index is 0.0694. The van der Waals surface area contributed by atoms with Gasteiger partial charge in [-0.05, 0) is 43.2 Å². The van der Waals surface area contributed by atoms with Gasteiger partial charge in [-0.2, -0.15) is 4.39 Å². The van der Waals surface area contributed by atoms with E-state index in [-0.39, 0.29) is 17.6 Å². The molecule has 118 valence electrons. The van der Waals surface area contributed by atoms with Gasteiger partial charge < -0.3 is 10.5 Å². The molecule has 1 saturated carbocycles. The Hall–Kier alpha value is -1.65. The number of rotatable bonds is 2. The van der Waals surface area contributed by atoms with Crippen LogP contribution in [0.25, 0.3) is 0 Å². The van der Waals surface area contributed by atoms with E-state index in [1.54, 1.807) is 0 Å². The van der Waals surface area contributed by atoms with Crippen molar-refractivity contribution in [2.75, 3.05) is 7.11 Å². The lowest BCUT2D eigenvalue weighted by molar-refractivity contribution is -0.123. The molecule has 0 atom stereocenters. The lowest BCUT2D eigenvalue weighted by Gasteiger charge is -2.32. The third-order valence-corrected chi connectivity index (χ3v) is 3.88. The fourth-order valence-electron chi connectivity index (χ4n) is 2.33. The number of primary amides is 1. The molecular formula is C16H23F2NO2. The molecule has 1 aromatic carbocycles. The molecule has 1 fully saturated rings. The maximum absolute atomic E-state index is 12.5. The van der Waals surface area contributed by atoms with E-state index in [9.17, 15) is 13.6 Å². The highest BCUT2D eigenvalue weighted by Crippen LogP contribution is 2.37. The number of ether oxygens (including phenoxy) is 1. The van der Waals surface area contributed by atoms with Gasteiger partial charge in [0.15, 0.2) is 11.6 Å². The van der Waals surface area contributed by atoms with E-state index in [1.165, 1.54) is 19.2 Å². The molecule has 0 spiro atoms. The molecule has 0 saturated heterocycles. The van der Waals surface area contributed by atoms with E-state index in [0.717, 1.165) is 31.7 Å². The summed E-state index contributed by atoms with van der Waals surface area (Å²) in [6, 6.07) is 3.79. The summed E-state index contributed by atoms with van der Waals surface area (Å²) in [5, 5.41) is 0. The lowest BCUT2D eigenvalue weighted by atomic mass is 9.73. The SMILES string of the molecule is CC1(C)CCC(C(N)=O)CC1.COc1cccc(F)c1F. The van der Waals surface area contributed by atoms with Crippen molar-refractivity contribution in [3.05, 3.63) is 29.8 Å². The van der Waals surface area contributed by atoms with Gasteiger partial charge in [0, 0.05) is 5.92 Å². The number of amides is 1. The van der Waals surface area contributed by atoms with Gasteiger partial charge in [-0.15, -0.1) is 0 Å². The number of hydrogen-bond donors (Lipinski definition) is 1. The molecule has 0 radical (unpaired) electrons. The maximum atomic E-state index is 12.5. The van der Waals surface area contributed by atoms with Gasteiger partial charge in [-0.3, -0.25) is 4.79 Å². The standard InChI is InChI=1S/C9H17NO.C7H6F2O/c1-9(2)5-3-7(4-6-9)8(10)11;1-10-6-4-2-3-5(8)7(6)9/h7H,3-6H2,1-2H3,(H2,10,11);2-4H,1H3. The molecule has 1 aliphatic rings. The van der Waals surface area contributed by atoms with E-state index in [0.29, 0.717) is 5.41 Å². The Bertz CT molecular complexity index is 479. The van der Waals surface area contributed by atoms with Crippen molar-refractivity contribution in [1.82, 2.24) is 0 Å². The van der Waals surface area contributed by atoms with Crippen LogP contribution in [0.5, 0.6) is 5.75 Å². The number of carbonyl (C=O) groups is 1. The predicted octanol–water partition coefficient (Wildman–Crippen LogP) is 3.66. The van der Waals surface area contributed by atoms with Gasteiger partial charge in [0.1, 0.15) is 0 Å². The van der Waals surface area contributed by atoms with Crippen LogP contribution in [0.2, 0.25) is 0 Å². The summed E-state index contributed by atoms with van der Waals surface area (Å²) in [6.07, 6.45) is 4.26. The summed E-state index contributed by atoms with van der Waals surface area (Å²) in [4.78, 5) is 10.8. The number of methoxy groups -OCH3 is 1. The average molecular weight is 299 g/mol. The first kappa shape index (κ1) is 17.4. The van der Waals surface area contributed by atoms with Crippen LogP contribution in [-0.2, 0) is 4.79 Å². The minimum Gasteiger partial charge on any atom is -0.494 e. The number of carbonyl (C=O) groups excluding carboxylic acids is 1. The van der Waals surface area contributed by atoms with Gasteiger partial charge in [0.05, 0.1) is 7.11 Å². The van der Waals surface area contributed by atoms with Crippen molar-refractivity contribution < 1.29 is 18.3 Å². The van der Waals surface area contributed by atoms with Crippen LogP contribution in [0.1, 0.15) is 39.5 Å². The molecule has 1 aliphatic carbocycles. The van der Waals surface area contributed by atoms with E-state index in [1.807, 2.05) is 0 Å². The Morgan fingerprint density at radius 3 is 2.29 bits per heavy atom. The Labute approximate surface area is 124 Å². The van der Waals surface area contributed by atoms with Crippen LogP contribution >= 0.6 is 0 Å². The molecule has 1 aromatic rings. The van der Waals surface area contributed by atoms with Crippen LogP contribution in [0.4, 0.5) is 8.78 Å². The lowest BCUT2D eigenvalue weighted by Crippen LogP contribution is -2.30. The topological polar surface area (TPSA) is 52.3 Å². The van der Waals surface area contributed by atoms with E-state index < -0.39 is 11.6 Å². The normalized spacial score (nSPS) is 17.6. The van der Waals surface area contributed by atoms with Crippen LogP contribution in [0.3, 0.4) is 0 Å². The van der Waals surface area contributed by atoms with Crippen molar-refractivity contribution >= 4 is 5.91 Å². The highest BCUT2D eigenvalue weighted by Gasteiger charge is 2.29. The second-order valence-electron chi connectivity index (χ2n) is 6.10. The summed E-state index contributed by atoms with van der Waals surface area (Å²) in [7, 11) is 1.29. The molecule has 1 amide bonds. The van der Waals surface area contributed by atoms with Gasteiger partial charge in [-0.25, -0.2) is 4.39 Å². The van der Waals surface area contributed by atoms with Crippen molar-refractivity contribution in [2.24, 2.45) is 17.1 Å². The van der Waals surface area contributed by atoms with Crippen molar-refractivity contribution in [3.63, 3.8) is 0 Å². The summed E-state index contributed by atoms with van der Waals surface area (Å²) in [5.74, 6) is -1.85. The second kappa shape index (κ2) is 7.38. The van der Waals surface area contributed by atoms with Gasteiger partial charge >= 0.3 is 0 Å². The zero-order chi connectivity index (χ0) is 16.0. The fraction of sp³-hybridized carbons (Fsp3) is 0.562. The number of halogens is 2. The van der Waals surface area contributed by atoms with E-state index >= 15 is 0 Å². The highest BCUT2D eigenvalue weighted by molar-refractivity contribution is 5.76. The summed E-state index contributed by atoms with van der Waals surface area (Å²) in [5.41, 5.74) is 5.65. The highest BCUT2D eigenvalue weighted by atomic mass is 19.2. The third-order valence-electron chi connectivity index (χ3n) is 3.88. The molecule has 0 aromatic heterocycles. The first-order chi connectivity index (χ1) is 9.76. The van der Waals surface area contributed by atoms with Crippen molar-refractivity contribution in [1.29, 1.82) is 0 Å². The Morgan fingerprint density at radius 1 is 1.29 bits per heavy atom. The molecule has 5 heteroatoms. The number of hydrogen-bond acceptors (Lipinski definition) is 2. The molecule has 21 heavy (non-hydrogen) atoms. The maximum Gasteiger partial charge on any atom is 0.220 e. The molecule has 2 N–H and O–H groups in total. The number of benzene rings is 1. The summed E-state index contributed by atoms with van der Waals surface area (Å²) in [6.45, 7) is 4.51. The molecule has 0 aliphatic heterocycles. The summed E-state index contributed by atoms with van der Waals surface area (Å²) >= 11 is 0. The Balaban J connectivity index is 0.000000211. The third kappa shape index (κ3) is 5.33. The van der Waals surface area contributed by atoms with E-state index in [2.05, 4.69) is 18.6 Å². The number of nitrogens with two attached hydrogens (primary N) is 1. The molecule has 0 unspecified atom stereocenters. The molecule has 0 heterocycles. The summed E-state index contributed by atoms with van der Waals surface area (Å²) < 4.78 is 29.3. The van der Waals surface area contributed by atoms with Crippen LogP contribution in [-0.4, -0.2) is 13.0 Å². The van der Waals surface area contributed by atoms with Crippen LogP contribution in [0, 0.1) is 23.0 Å². The minimum atomic E-state index is -0.940. The molecule has 0 bridgehead atoms. The van der Waals surface area contributed by atoms with Gasteiger partial charge in [0.25, 0.3) is 0 Å². The zero-order valence-electron chi connectivity index (χ0n) is 12.8. The van der Waals surface area contributed by atoms with Crippen LogP contribution < -0.4 is 10.5 Å². The second-order valence-corrected chi connectivity index (χ2v) is 6.10. The monoisotopic (exact) mass is 299 g/mol. The van der Waals surface area contributed by atoms with Gasteiger partial charge in [-0.1, -0.05) is 19.9 Å². The Morgan fingerprint density at radius 2 is 1.86 bits per heavy atom. The Kier molecular flexibility index (Phi) is 6.12. The van der Waals surface area contributed by atoms with E-state index in [4.69, 9.17) is 5.73 Å². The predicted molar refractivity (Wildman–Crippen MR) is 77.8 cm³/mol. The quantitative estimate of drug-likeness (QED) is 0.906. The molecule has 2 rings (SSSR count). The largest absolute Gasteiger partial charge is 0.494 e. The van der Waals surface area contributed by atoms with Crippen molar-refractivity contribution in [2.45, 2.75) is 39.5 Å². The van der Waals surface area contributed by atoms with Gasteiger partial charge in [0.2, 0.25) is 11.7 Å². The average Bonchev–Trinajstić information content (AvgIpc) is 2.42. The molecule has 3 nitrogen and oxygen atoms in total.